The molecule has 0 aliphatic rings. The molecule has 0 saturated heterocycles. The summed E-state index contributed by atoms with van der Waals surface area (Å²) in [6.07, 6.45) is 0. The molecule has 2 N–H and O–H groups in total. The summed E-state index contributed by atoms with van der Waals surface area (Å²) in [5, 5.41) is 5.97. The van der Waals surface area contributed by atoms with Crippen LogP contribution in [0.1, 0.15) is 5.01 Å². The molecule has 0 spiro atoms. The SMILES string of the molecule is Cc1nc2ccc(Br)c(S(N)(=O)=O)c2s1. The maximum atomic E-state index is 11.4. The standard InChI is InChI=1S/C8H7BrN2O2S2/c1-4-11-6-3-2-5(9)8(7(6)14-4)15(10,12)13/h2-3H,1H3,(H2,10,12,13). The van der Waals surface area contributed by atoms with Crippen molar-refractivity contribution in [1.29, 1.82) is 0 Å². The Hall–Kier alpha value is -0.500. The molecule has 4 nitrogen and oxygen atoms in total. The first-order valence-electron chi connectivity index (χ1n) is 3.98. The molecule has 1 heterocycles. The monoisotopic (exact) mass is 306 g/mol. The van der Waals surface area contributed by atoms with E-state index in [9.17, 15) is 8.42 Å². The Morgan fingerprint density at radius 1 is 1.47 bits per heavy atom. The van der Waals surface area contributed by atoms with Crippen LogP contribution in [0.5, 0.6) is 0 Å². The largest absolute Gasteiger partial charge is 0.241 e. The minimum Gasteiger partial charge on any atom is -0.241 e. The summed E-state index contributed by atoms with van der Waals surface area (Å²) in [7, 11) is -3.72. The molecule has 0 aliphatic carbocycles. The van der Waals surface area contributed by atoms with E-state index in [4.69, 9.17) is 5.14 Å². The summed E-state index contributed by atoms with van der Waals surface area (Å²) >= 11 is 4.50. The van der Waals surface area contributed by atoms with Gasteiger partial charge in [0, 0.05) is 4.47 Å². The molecular weight excluding hydrogens is 300 g/mol. The number of primary sulfonamides is 1. The maximum absolute atomic E-state index is 11.4. The van der Waals surface area contributed by atoms with Crippen molar-refractivity contribution in [1.82, 2.24) is 4.98 Å². The first-order valence-corrected chi connectivity index (χ1v) is 7.13. The van der Waals surface area contributed by atoms with Gasteiger partial charge in [0.05, 0.1) is 15.2 Å². The van der Waals surface area contributed by atoms with E-state index in [-0.39, 0.29) is 4.90 Å². The van der Waals surface area contributed by atoms with Gasteiger partial charge in [-0.2, -0.15) is 0 Å². The predicted octanol–water partition coefficient (Wildman–Crippen LogP) is 2.01. The molecule has 1 aromatic heterocycles. The smallest absolute Gasteiger partial charge is 0.240 e. The number of hydrogen-bond acceptors (Lipinski definition) is 4. The van der Waals surface area contributed by atoms with E-state index in [0.29, 0.717) is 14.7 Å². The van der Waals surface area contributed by atoms with Crippen molar-refractivity contribution < 1.29 is 8.42 Å². The second kappa shape index (κ2) is 3.51. The van der Waals surface area contributed by atoms with E-state index in [1.807, 2.05) is 6.92 Å². The quantitative estimate of drug-likeness (QED) is 0.876. The van der Waals surface area contributed by atoms with Crippen molar-refractivity contribution in [3.63, 3.8) is 0 Å². The predicted molar refractivity (Wildman–Crippen MR) is 63.4 cm³/mol. The third-order valence-corrected chi connectivity index (χ3v) is 4.91. The van der Waals surface area contributed by atoms with Crippen molar-refractivity contribution in [3.05, 3.63) is 21.6 Å². The summed E-state index contributed by atoms with van der Waals surface area (Å²) in [5.41, 5.74) is 0.657. The fraction of sp³-hybridized carbons (Fsp3) is 0.125. The topological polar surface area (TPSA) is 73.0 Å². The Morgan fingerprint density at radius 2 is 2.13 bits per heavy atom. The molecular formula is C8H7BrN2O2S2. The van der Waals surface area contributed by atoms with Gasteiger partial charge >= 0.3 is 0 Å². The molecule has 0 unspecified atom stereocenters. The van der Waals surface area contributed by atoms with E-state index in [1.165, 1.54) is 11.3 Å². The third-order valence-electron chi connectivity index (χ3n) is 1.86. The number of benzene rings is 1. The van der Waals surface area contributed by atoms with Gasteiger partial charge in [-0.15, -0.1) is 11.3 Å². The van der Waals surface area contributed by atoms with Crippen LogP contribution in [0.4, 0.5) is 0 Å². The summed E-state index contributed by atoms with van der Waals surface area (Å²) in [6.45, 7) is 1.82. The van der Waals surface area contributed by atoms with Gasteiger partial charge in [-0.25, -0.2) is 18.5 Å². The van der Waals surface area contributed by atoms with Crippen molar-refractivity contribution in [2.75, 3.05) is 0 Å². The number of fused-ring (bicyclic) bond motifs is 1. The van der Waals surface area contributed by atoms with Gasteiger partial charge in [0.1, 0.15) is 4.90 Å². The molecule has 2 aromatic rings. The zero-order chi connectivity index (χ0) is 11.2. The van der Waals surface area contributed by atoms with E-state index in [0.717, 1.165) is 5.01 Å². The van der Waals surface area contributed by atoms with Gasteiger partial charge in [-0.3, -0.25) is 0 Å². The molecule has 0 bridgehead atoms. The number of nitrogens with two attached hydrogens (primary N) is 1. The molecule has 0 atom stereocenters. The molecule has 2 rings (SSSR count). The molecule has 0 aliphatic heterocycles. The Labute approximate surface area is 99.3 Å². The van der Waals surface area contributed by atoms with Crippen molar-refractivity contribution in [2.45, 2.75) is 11.8 Å². The summed E-state index contributed by atoms with van der Waals surface area (Å²) in [4.78, 5) is 4.32. The fourth-order valence-electron chi connectivity index (χ4n) is 1.32. The van der Waals surface area contributed by atoms with Crippen molar-refractivity contribution >= 4 is 47.5 Å². The molecule has 0 fully saturated rings. The van der Waals surface area contributed by atoms with Crippen molar-refractivity contribution in [3.8, 4) is 0 Å². The molecule has 0 saturated carbocycles. The Morgan fingerprint density at radius 3 is 2.73 bits per heavy atom. The molecule has 80 valence electrons. The highest BCUT2D eigenvalue weighted by molar-refractivity contribution is 9.10. The van der Waals surface area contributed by atoms with Crippen LogP contribution in [-0.2, 0) is 10.0 Å². The van der Waals surface area contributed by atoms with Crippen LogP contribution in [0.3, 0.4) is 0 Å². The summed E-state index contributed by atoms with van der Waals surface area (Å²) < 4.78 is 23.9. The normalized spacial score (nSPS) is 12.2. The average molecular weight is 307 g/mol. The first kappa shape index (κ1) is 11.0. The minimum absolute atomic E-state index is 0.116. The average Bonchev–Trinajstić information content (AvgIpc) is 2.41. The van der Waals surface area contributed by atoms with Crippen LogP contribution in [0.2, 0.25) is 0 Å². The number of nitrogens with zero attached hydrogens (tertiary/aromatic N) is 1. The van der Waals surface area contributed by atoms with Gasteiger partial charge < -0.3 is 0 Å². The zero-order valence-corrected chi connectivity index (χ0v) is 10.9. The van der Waals surface area contributed by atoms with Crippen LogP contribution in [0, 0.1) is 6.92 Å². The summed E-state index contributed by atoms with van der Waals surface area (Å²) in [5.74, 6) is 0. The highest BCUT2D eigenvalue weighted by Crippen LogP contribution is 2.33. The Kier molecular flexibility index (Phi) is 2.58. The number of thiazole rings is 1. The minimum atomic E-state index is -3.72. The molecule has 7 heteroatoms. The van der Waals surface area contributed by atoms with Crippen LogP contribution in [0.25, 0.3) is 10.2 Å². The highest BCUT2D eigenvalue weighted by atomic mass is 79.9. The Bertz CT molecular complexity index is 633. The van der Waals surface area contributed by atoms with E-state index in [2.05, 4.69) is 20.9 Å². The lowest BCUT2D eigenvalue weighted by Gasteiger charge is -2.01. The number of aromatic nitrogens is 1. The van der Waals surface area contributed by atoms with Crippen LogP contribution in [-0.4, -0.2) is 13.4 Å². The van der Waals surface area contributed by atoms with E-state index in [1.54, 1.807) is 12.1 Å². The number of aryl methyl sites for hydroxylation is 1. The zero-order valence-electron chi connectivity index (χ0n) is 7.69. The number of hydrogen-bond donors (Lipinski definition) is 1. The third kappa shape index (κ3) is 1.92. The maximum Gasteiger partial charge on any atom is 0.240 e. The van der Waals surface area contributed by atoms with Gasteiger partial charge in [0.2, 0.25) is 10.0 Å². The van der Waals surface area contributed by atoms with Crippen LogP contribution >= 0.6 is 27.3 Å². The van der Waals surface area contributed by atoms with Gasteiger partial charge in [-0.05, 0) is 35.0 Å². The van der Waals surface area contributed by atoms with Crippen molar-refractivity contribution in [2.24, 2.45) is 5.14 Å². The Balaban J connectivity index is 2.98. The number of sulfonamides is 1. The van der Waals surface area contributed by atoms with E-state index >= 15 is 0 Å². The van der Waals surface area contributed by atoms with Crippen LogP contribution < -0.4 is 5.14 Å². The number of rotatable bonds is 1. The second-order valence-electron chi connectivity index (χ2n) is 3.00. The van der Waals surface area contributed by atoms with Gasteiger partial charge in [0.25, 0.3) is 0 Å². The fourth-order valence-corrected chi connectivity index (χ4v) is 4.50. The molecule has 0 amide bonds. The van der Waals surface area contributed by atoms with Crippen LogP contribution in [0.15, 0.2) is 21.5 Å². The number of halogens is 1. The second-order valence-corrected chi connectivity index (χ2v) is 6.56. The lowest BCUT2D eigenvalue weighted by molar-refractivity contribution is 0.598. The first-order chi connectivity index (χ1) is 6.89. The van der Waals surface area contributed by atoms with Gasteiger partial charge in [-0.1, -0.05) is 0 Å². The van der Waals surface area contributed by atoms with E-state index < -0.39 is 10.0 Å². The summed E-state index contributed by atoms with van der Waals surface area (Å²) in [6, 6.07) is 3.40. The highest BCUT2D eigenvalue weighted by Gasteiger charge is 2.18. The lowest BCUT2D eigenvalue weighted by atomic mass is 10.3. The molecule has 15 heavy (non-hydrogen) atoms. The lowest BCUT2D eigenvalue weighted by Crippen LogP contribution is -2.12. The van der Waals surface area contributed by atoms with Gasteiger partial charge in [0.15, 0.2) is 0 Å². The molecule has 1 aromatic carbocycles. The molecule has 0 radical (unpaired) electrons.